The number of non-ortho nitro benzene ring substituents is 1. The van der Waals surface area contributed by atoms with Gasteiger partial charge in [-0.25, -0.2) is 0 Å². The molecule has 4 fully saturated rings. The molecule has 1 aromatic carbocycles. The van der Waals surface area contributed by atoms with Crippen LogP contribution in [0.1, 0.15) is 71.6 Å². The summed E-state index contributed by atoms with van der Waals surface area (Å²) in [5.41, 5.74) is 3.73. The maximum atomic E-state index is 11.4. The number of fused-ring (bicyclic) bond motifs is 5. The zero-order valence-electron chi connectivity index (χ0n) is 19.9. The summed E-state index contributed by atoms with van der Waals surface area (Å²) < 4.78 is 0. The topological polar surface area (TPSA) is 131 Å². The van der Waals surface area contributed by atoms with Gasteiger partial charge >= 0.3 is 5.69 Å². The van der Waals surface area contributed by atoms with Crippen molar-refractivity contribution in [3.8, 4) is 0 Å². The first kappa shape index (κ1) is 23.2. The zero-order valence-corrected chi connectivity index (χ0v) is 19.9. The van der Waals surface area contributed by atoms with E-state index in [1.54, 1.807) is 0 Å². The molecule has 5 rings (SSSR count). The van der Waals surface area contributed by atoms with Gasteiger partial charge in [0.25, 0.3) is 5.69 Å². The van der Waals surface area contributed by atoms with Gasteiger partial charge in [0.05, 0.1) is 22.0 Å². The molecule has 0 amide bonds. The summed E-state index contributed by atoms with van der Waals surface area (Å²) in [5, 5.41) is 37.6. The Kier molecular flexibility index (Phi) is 5.66. The molecule has 0 unspecified atom stereocenters. The van der Waals surface area contributed by atoms with Crippen LogP contribution in [-0.4, -0.2) is 26.8 Å². The second-order valence-electron chi connectivity index (χ2n) is 11.5. The molecule has 34 heavy (non-hydrogen) atoms. The number of nitro benzene ring substituents is 2. The van der Waals surface area contributed by atoms with Crippen LogP contribution in [0.4, 0.5) is 17.1 Å². The van der Waals surface area contributed by atoms with E-state index in [-0.39, 0.29) is 34.0 Å². The minimum absolute atomic E-state index is 0.0923. The standard InChI is InChI=1S/C25H34N4O5/c1-24-11-9-16(26-27-21-7-4-17(28(31)32)14-22(21)29(33)34)13-15(24)3-5-18-19-6-8-23(30)25(19,2)12-10-20(18)24/h4,7,14-15,18-20,23,27,30H,3,5-6,8-13H2,1-2H3/b26-16-/t15-,18-,19-,20-,23-,24-,25-/m0/s1. The highest BCUT2D eigenvalue weighted by atomic mass is 16.6. The molecule has 1 aromatic rings. The molecule has 0 saturated heterocycles. The molecule has 4 aliphatic carbocycles. The van der Waals surface area contributed by atoms with Crippen molar-refractivity contribution in [1.29, 1.82) is 0 Å². The minimum Gasteiger partial charge on any atom is -0.393 e. The third-order valence-corrected chi connectivity index (χ3v) is 10.2. The maximum Gasteiger partial charge on any atom is 0.301 e. The molecule has 7 atom stereocenters. The number of hydrogen-bond acceptors (Lipinski definition) is 7. The molecule has 184 valence electrons. The number of nitrogens with one attached hydrogen (secondary N) is 1. The van der Waals surface area contributed by atoms with Gasteiger partial charge in [0.2, 0.25) is 0 Å². The van der Waals surface area contributed by atoms with Gasteiger partial charge < -0.3 is 5.11 Å². The molecule has 0 bridgehead atoms. The van der Waals surface area contributed by atoms with Crippen LogP contribution in [0.5, 0.6) is 0 Å². The van der Waals surface area contributed by atoms with Crippen LogP contribution < -0.4 is 5.43 Å². The third-order valence-electron chi connectivity index (χ3n) is 10.2. The second-order valence-corrected chi connectivity index (χ2v) is 11.5. The van der Waals surface area contributed by atoms with Gasteiger partial charge in [-0.3, -0.25) is 25.7 Å². The van der Waals surface area contributed by atoms with Crippen LogP contribution >= 0.6 is 0 Å². The van der Waals surface area contributed by atoms with Crippen molar-refractivity contribution in [2.45, 2.75) is 77.7 Å². The van der Waals surface area contributed by atoms with Crippen molar-refractivity contribution in [3.63, 3.8) is 0 Å². The summed E-state index contributed by atoms with van der Waals surface area (Å²) in [7, 11) is 0. The van der Waals surface area contributed by atoms with E-state index in [0.717, 1.165) is 56.7 Å². The van der Waals surface area contributed by atoms with Crippen LogP contribution in [-0.2, 0) is 0 Å². The van der Waals surface area contributed by atoms with E-state index < -0.39 is 9.85 Å². The highest BCUT2D eigenvalue weighted by Crippen LogP contribution is 2.66. The lowest BCUT2D eigenvalue weighted by Crippen LogP contribution is -2.54. The molecule has 0 aliphatic heterocycles. The lowest BCUT2D eigenvalue weighted by atomic mass is 9.45. The van der Waals surface area contributed by atoms with Gasteiger partial charge in [-0.05, 0) is 98.4 Å². The van der Waals surface area contributed by atoms with Gasteiger partial charge in [0, 0.05) is 11.8 Å². The Morgan fingerprint density at radius 1 is 1.00 bits per heavy atom. The average Bonchev–Trinajstić information content (AvgIpc) is 3.11. The number of aliphatic hydroxyl groups is 1. The van der Waals surface area contributed by atoms with Crippen molar-refractivity contribution in [2.24, 2.45) is 39.6 Å². The van der Waals surface area contributed by atoms with Crippen molar-refractivity contribution < 1.29 is 15.0 Å². The number of aliphatic hydroxyl groups excluding tert-OH is 1. The fourth-order valence-electron chi connectivity index (χ4n) is 8.15. The smallest absolute Gasteiger partial charge is 0.301 e. The Hall–Kier alpha value is -2.55. The van der Waals surface area contributed by atoms with Gasteiger partial charge in [0.15, 0.2) is 0 Å². The number of nitro groups is 2. The first-order valence-electron chi connectivity index (χ1n) is 12.6. The highest BCUT2D eigenvalue weighted by molar-refractivity contribution is 5.86. The molecule has 0 aromatic heterocycles. The summed E-state index contributed by atoms with van der Waals surface area (Å²) in [4.78, 5) is 21.1. The van der Waals surface area contributed by atoms with Crippen molar-refractivity contribution >= 4 is 22.8 Å². The largest absolute Gasteiger partial charge is 0.393 e. The first-order chi connectivity index (χ1) is 16.1. The molecule has 0 spiro atoms. The van der Waals surface area contributed by atoms with Gasteiger partial charge in [0.1, 0.15) is 5.69 Å². The predicted octanol–water partition coefficient (Wildman–Crippen LogP) is 5.67. The Labute approximate surface area is 199 Å². The molecule has 0 radical (unpaired) electrons. The van der Waals surface area contributed by atoms with E-state index >= 15 is 0 Å². The fraction of sp³-hybridized carbons (Fsp3) is 0.720. The molecular weight excluding hydrogens is 436 g/mol. The van der Waals surface area contributed by atoms with Gasteiger partial charge in [-0.15, -0.1) is 0 Å². The Morgan fingerprint density at radius 3 is 2.50 bits per heavy atom. The number of benzene rings is 1. The first-order valence-corrected chi connectivity index (χ1v) is 12.6. The number of hydrazone groups is 1. The Morgan fingerprint density at radius 2 is 1.76 bits per heavy atom. The average molecular weight is 471 g/mol. The van der Waals surface area contributed by atoms with E-state index in [0.29, 0.717) is 23.7 Å². The lowest BCUT2D eigenvalue weighted by Gasteiger charge is -2.60. The quantitative estimate of drug-likeness (QED) is 0.430. The van der Waals surface area contributed by atoms with Crippen molar-refractivity contribution in [1.82, 2.24) is 0 Å². The monoisotopic (exact) mass is 470 g/mol. The number of nitrogens with zero attached hydrogens (tertiary/aromatic N) is 3. The highest BCUT2D eigenvalue weighted by Gasteiger charge is 2.59. The van der Waals surface area contributed by atoms with E-state index in [9.17, 15) is 25.3 Å². The van der Waals surface area contributed by atoms with E-state index in [1.807, 2.05) is 0 Å². The van der Waals surface area contributed by atoms with Crippen LogP contribution in [0, 0.1) is 54.7 Å². The molecule has 4 aliphatic rings. The van der Waals surface area contributed by atoms with Crippen LogP contribution in [0.15, 0.2) is 23.3 Å². The minimum atomic E-state index is -0.638. The summed E-state index contributed by atoms with van der Waals surface area (Å²) in [6.07, 6.45) is 9.45. The summed E-state index contributed by atoms with van der Waals surface area (Å²) in [6.45, 7) is 4.78. The van der Waals surface area contributed by atoms with E-state index in [2.05, 4.69) is 24.4 Å². The molecule has 2 N–H and O–H groups in total. The maximum absolute atomic E-state index is 11.4. The normalized spacial score (nSPS) is 40.2. The molecule has 4 saturated carbocycles. The second kappa shape index (κ2) is 8.29. The van der Waals surface area contributed by atoms with E-state index in [4.69, 9.17) is 0 Å². The van der Waals surface area contributed by atoms with Crippen LogP contribution in [0.25, 0.3) is 0 Å². The number of rotatable bonds is 4. The Bertz CT molecular complexity index is 1040. The van der Waals surface area contributed by atoms with Gasteiger partial charge in [-0.1, -0.05) is 13.8 Å². The van der Waals surface area contributed by atoms with E-state index in [1.165, 1.54) is 25.0 Å². The lowest BCUT2D eigenvalue weighted by molar-refractivity contribution is -0.393. The zero-order chi connectivity index (χ0) is 24.3. The van der Waals surface area contributed by atoms with Gasteiger partial charge in [-0.2, -0.15) is 5.10 Å². The van der Waals surface area contributed by atoms with Crippen LogP contribution in [0.2, 0.25) is 0 Å². The summed E-state index contributed by atoms with van der Waals surface area (Å²) >= 11 is 0. The SMILES string of the molecule is C[C@]12CC/C(=N/Nc3ccc([N+](=O)[O-])cc3[N+](=O)[O-])C[C@@H]1CC[C@@H]1[C@@H]2CC[C@]2(C)[C@@H](O)CC[C@@H]12. The predicted molar refractivity (Wildman–Crippen MR) is 129 cm³/mol. The third kappa shape index (κ3) is 3.59. The molecule has 9 nitrogen and oxygen atoms in total. The molecular formula is C25H34N4O5. The molecule has 9 heteroatoms. The summed E-state index contributed by atoms with van der Waals surface area (Å²) in [5.74, 6) is 2.58. The Balaban J connectivity index is 1.31. The van der Waals surface area contributed by atoms with Crippen LogP contribution in [0.3, 0.4) is 0 Å². The summed E-state index contributed by atoms with van der Waals surface area (Å²) in [6, 6.07) is 3.58. The fourth-order valence-corrected chi connectivity index (χ4v) is 8.15. The van der Waals surface area contributed by atoms with Crippen molar-refractivity contribution in [2.75, 3.05) is 5.43 Å². The molecule has 0 heterocycles. The number of anilines is 1. The number of hydrogen-bond donors (Lipinski definition) is 2. The van der Waals surface area contributed by atoms with Crippen molar-refractivity contribution in [3.05, 3.63) is 38.4 Å².